The van der Waals surface area contributed by atoms with E-state index in [2.05, 4.69) is 5.32 Å². The molecule has 0 aromatic heterocycles. The summed E-state index contributed by atoms with van der Waals surface area (Å²) in [5, 5.41) is 13.1. The quantitative estimate of drug-likeness (QED) is 0.652. The second-order valence-corrected chi connectivity index (χ2v) is 4.62. The monoisotopic (exact) mass is 297 g/mol. The van der Waals surface area contributed by atoms with Gasteiger partial charge in [0, 0.05) is 32.3 Å². The number of nitrogens with zero attached hydrogens (tertiary/aromatic N) is 2. The molecule has 1 rings (SSSR count). The summed E-state index contributed by atoms with van der Waals surface area (Å²) in [6.45, 7) is 1.79. The normalized spacial score (nSPS) is 11.6. The van der Waals surface area contributed by atoms with Crippen LogP contribution in [0.1, 0.15) is 17.3 Å². The molecule has 0 saturated heterocycles. The van der Waals surface area contributed by atoms with Crippen LogP contribution in [0.25, 0.3) is 0 Å². The zero-order valence-corrected chi connectivity index (χ0v) is 11.9. The Morgan fingerprint density at radius 1 is 1.48 bits per heavy atom. The van der Waals surface area contributed by atoms with E-state index < -0.39 is 28.3 Å². The van der Waals surface area contributed by atoms with E-state index in [4.69, 9.17) is 0 Å². The molecule has 21 heavy (non-hydrogen) atoms. The Labute approximate surface area is 120 Å². The van der Waals surface area contributed by atoms with Gasteiger partial charge in [0.1, 0.15) is 0 Å². The molecule has 0 aliphatic rings. The number of rotatable bonds is 5. The smallest absolute Gasteiger partial charge is 0.305 e. The second-order valence-electron chi connectivity index (χ2n) is 4.62. The Morgan fingerprint density at radius 3 is 2.62 bits per heavy atom. The van der Waals surface area contributed by atoms with Crippen LogP contribution in [0.2, 0.25) is 0 Å². The molecule has 0 fully saturated rings. The number of nitro groups is 1. The number of hydrogen-bond acceptors (Lipinski definition) is 4. The molecule has 7 nitrogen and oxygen atoms in total. The van der Waals surface area contributed by atoms with E-state index in [0.29, 0.717) is 0 Å². The summed E-state index contributed by atoms with van der Waals surface area (Å²) in [4.78, 5) is 34.6. The summed E-state index contributed by atoms with van der Waals surface area (Å²) < 4.78 is 13.2. The third-order valence-corrected chi connectivity index (χ3v) is 2.98. The SMILES string of the molecule is CNC(=O)C(C)CN(C)C(=O)c1ccc(F)c([N+](=O)[O-])c1. The van der Waals surface area contributed by atoms with Gasteiger partial charge in [-0.25, -0.2) is 0 Å². The molecule has 1 aromatic rings. The van der Waals surface area contributed by atoms with Gasteiger partial charge in [-0.3, -0.25) is 19.7 Å². The van der Waals surface area contributed by atoms with E-state index >= 15 is 0 Å². The van der Waals surface area contributed by atoms with Crippen LogP contribution in [0.15, 0.2) is 18.2 Å². The van der Waals surface area contributed by atoms with E-state index in [1.807, 2.05) is 0 Å². The summed E-state index contributed by atoms with van der Waals surface area (Å²) in [6, 6.07) is 2.94. The number of benzene rings is 1. The molecule has 8 heteroatoms. The minimum atomic E-state index is -1.00. The first kappa shape index (κ1) is 16.5. The van der Waals surface area contributed by atoms with Crippen molar-refractivity contribution >= 4 is 17.5 Å². The van der Waals surface area contributed by atoms with Crippen LogP contribution in [0.3, 0.4) is 0 Å². The van der Waals surface area contributed by atoms with Crippen molar-refractivity contribution < 1.29 is 18.9 Å². The standard InChI is InChI=1S/C13H16FN3O4/c1-8(12(18)15-2)7-16(3)13(19)9-4-5-10(14)11(6-9)17(20)21/h4-6,8H,7H2,1-3H3,(H,15,18). The average molecular weight is 297 g/mol. The largest absolute Gasteiger partial charge is 0.359 e. The topological polar surface area (TPSA) is 92.6 Å². The fourth-order valence-corrected chi connectivity index (χ4v) is 1.83. The molecule has 0 spiro atoms. The van der Waals surface area contributed by atoms with Crippen molar-refractivity contribution in [3.05, 3.63) is 39.7 Å². The predicted octanol–water partition coefficient (Wildman–Crippen LogP) is 1.19. The molecule has 1 unspecified atom stereocenters. The molecule has 0 bridgehead atoms. The maximum absolute atomic E-state index is 13.2. The van der Waals surface area contributed by atoms with Crippen LogP contribution >= 0.6 is 0 Å². The highest BCUT2D eigenvalue weighted by atomic mass is 19.1. The van der Waals surface area contributed by atoms with Gasteiger partial charge >= 0.3 is 5.69 Å². The first-order valence-electron chi connectivity index (χ1n) is 6.19. The highest BCUT2D eigenvalue weighted by molar-refractivity contribution is 5.95. The first-order valence-corrected chi connectivity index (χ1v) is 6.19. The number of amides is 2. The lowest BCUT2D eigenvalue weighted by Gasteiger charge is -2.20. The molecule has 0 aliphatic heterocycles. The van der Waals surface area contributed by atoms with Gasteiger partial charge in [0.15, 0.2) is 0 Å². The molecule has 2 amide bonds. The third-order valence-electron chi connectivity index (χ3n) is 2.98. The first-order chi connectivity index (χ1) is 9.77. The minimum absolute atomic E-state index is 0.00490. The van der Waals surface area contributed by atoms with Crippen LogP contribution in [-0.2, 0) is 4.79 Å². The number of halogens is 1. The van der Waals surface area contributed by atoms with E-state index in [1.165, 1.54) is 25.1 Å². The van der Waals surface area contributed by atoms with Gasteiger partial charge in [0.2, 0.25) is 11.7 Å². The summed E-state index contributed by atoms with van der Waals surface area (Å²) in [5.41, 5.74) is -0.761. The fraction of sp³-hybridized carbons (Fsp3) is 0.385. The Bertz CT molecular complexity index is 577. The summed E-state index contributed by atoms with van der Waals surface area (Å²) >= 11 is 0. The number of nitro benzene ring substituents is 1. The van der Waals surface area contributed by atoms with Crippen LogP contribution in [0.5, 0.6) is 0 Å². The molecule has 0 radical (unpaired) electrons. The maximum Gasteiger partial charge on any atom is 0.305 e. The Hall–Kier alpha value is -2.51. The van der Waals surface area contributed by atoms with Gasteiger partial charge in [-0.05, 0) is 12.1 Å². The number of nitrogens with one attached hydrogen (secondary N) is 1. The highest BCUT2D eigenvalue weighted by Gasteiger charge is 2.22. The van der Waals surface area contributed by atoms with Crippen LogP contribution in [0.4, 0.5) is 10.1 Å². The van der Waals surface area contributed by atoms with Crippen molar-refractivity contribution in [2.24, 2.45) is 5.92 Å². The number of carbonyl (C=O) groups excluding carboxylic acids is 2. The molecule has 0 aliphatic carbocycles. The summed E-state index contributed by atoms with van der Waals surface area (Å²) in [7, 11) is 2.96. The van der Waals surface area contributed by atoms with E-state index in [9.17, 15) is 24.1 Å². The number of carbonyl (C=O) groups is 2. The Morgan fingerprint density at radius 2 is 2.10 bits per heavy atom. The zero-order chi connectivity index (χ0) is 16.2. The van der Waals surface area contributed by atoms with E-state index in [-0.39, 0.29) is 18.0 Å². The van der Waals surface area contributed by atoms with Gasteiger partial charge in [-0.2, -0.15) is 4.39 Å². The Kier molecular flexibility index (Phi) is 5.34. The van der Waals surface area contributed by atoms with Crippen molar-refractivity contribution in [1.29, 1.82) is 0 Å². The van der Waals surface area contributed by atoms with E-state index in [1.54, 1.807) is 6.92 Å². The molecule has 1 N–H and O–H groups in total. The van der Waals surface area contributed by atoms with Crippen molar-refractivity contribution in [2.45, 2.75) is 6.92 Å². The van der Waals surface area contributed by atoms with Crippen LogP contribution in [-0.4, -0.2) is 42.3 Å². The van der Waals surface area contributed by atoms with Gasteiger partial charge in [0.25, 0.3) is 5.91 Å². The molecule has 1 aromatic carbocycles. The molecular formula is C13H16FN3O4. The van der Waals surface area contributed by atoms with Gasteiger partial charge < -0.3 is 10.2 Å². The summed E-state index contributed by atoms with van der Waals surface area (Å²) in [5.74, 6) is -2.18. The minimum Gasteiger partial charge on any atom is -0.359 e. The predicted molar refractivity (Wildman–Crippen MR) is 73.2 cm³/mol. The fourth-order valence-electron chi connectivity index (χ4n) is 1.83. The lowest BCUT2D eigenvalue weighted by atomic mass is 10.1. The van der Waals surface area contributed by atoms with E-state index in [0.717, 1.165) is 12.1 Å². The molecule has 0 heterocycles. The zero-order valence-electron chi connectivity index (χ0n) is 11.9. The lowest BCUT2D eigenvalue weighted by Crippen LogP contribution is -2.37. The number of hydrogen-bond donors (Lipinski definition) is 1. The molecule has 114 valence electrons. The van der Waals surface area contributed by atoms with Gasteiger partial charge in [-0.15, -0.1) is 0 Å². The molecular weight excluding hydrogens is 281 g/mol. The van der Waals surface area contributed by atoms with Crippen LogP contribution < -0.4 is 5.32 Å². The van der Waals surface area contributed by atoms with Crippen LogP contribution in [0, 0.1) is 21.8 Å². The maximum atomic E-state index is 13.2. The molecule has 1 atom stereocenters. The third kappa shape index (κ3) is 3.98. The second kappa shape index (κ2) is 6.78. The Balaban J connectivity index is 2.90. The average Bonchev–Trinajstić information content (AvgIpc) is 2.45. The van der Waals surface area contributed by atoms with Gasteiger partial charge in [0.05, 0.1) is 10.8 Å². The highest BCUT2D eigenvalue weighted by Crippen LogP contribution is 2.19. The molecule has 0 saturated carbocycles. The van der Waals surface area contributed by atoms with Crippen molar-refractivity contribution in [3.63, 3.8) is 0 Å². The van der Waals surface area contributed by atoms with Gasteiger partial charge in [-0.1, -0.05) is 6.92 Å². The van der Waals surface area contributed by atoms with Crippen molar-refractivity contribution in [2.75, 3.05) is 20.6 Å². The summed E-state index contributed by atoms with van der Waals surface area (Å²) in [6.07, 6.45) is 0. The lowest BCUT2D eigenvalue weighted by molar-refractivity contribution is -0.387. The van der Waals surface area contributed by atoms with Crippen molar-refractivity contribution in [1.82, 2.24) is 10.2 Å². The van der Waals surface area contributed by atoms with Crippen molar-refractivity contribution in [3.8, 4) is 0 Å².